The van der Waals surface area contributed by atoms with Gasteiger partial charge in [-0.2, -0.15) is 0 Å². The van der Waals surface area contributed by atoms with E-state index in [2.05, 4.69) is 24.3 Å². The first kappa shape index (κ1) is 43.3. The molecule has 0 saturated carbocycles. The molecule has 1 aromatic carbocycles. The SMILES string of the molecule is [Cl-].[Cl-].[Cl-].[Cl-].[Cl-].[Cl-].[Mg+][CH2]c1ccccc1.[V+5]. The fourth-order valence-corrected chi connectivity index (χ4v) is 0.978. The number of hydrogen-bond acceptors (Lipinski definition) is 0. The van der Waals surface area contributed by atoms with Gasteiger partial charge in [0.25, 0.3) is 0 Å². The van der Waals surface area contributed by atoms with E-state index in [1.165, 1.54) is 10.1 Å². The van der Waals surface area contributed by atoms with Crippen molar-refractivity contribution < 1.29 is 93.0 Å². The molecule has 0 fully saturated rings. The number of hydrogen-bond donors (Lipinski definition) is 0. The second kappa shape index (κ2) is 29.9. The van der Waals surface area contributed by atoms with Gasteiger partial charge in [0.2, 0.25) is 0 Å². The quantitative estimate of drug-likeness (QED) is 0.426. The van der Waals surface area contributed by atoms with Crippen molar-refractivity contribution in [3.63, 3.8) is 0 Å². The predicted molar refractivity (Wildman–Crippen MR) is 35.9 cm³/mol. The Kier molecular flexibility index (Phi) is 86.3. The van der Waals surface area contributed by atoms with E-state index in [0.29, 0.717) is 0 Å². The van der Waals surface area contributed by atoms with Crippen molar-refractivity contribution in [1.29, 1.82) is 0 Å². The summed E-state index contributed by atoms with van der Waals surface area (Å²) in [5.74, 6) is 0. The summed E-state index contributed by atoms with van der Waals surface area (Å²) >= 11 is 1.98. The Labute approximate surface area is 153 Å². The summed E-state index contributed by atoms with van der Waals surface area (Å²) in [6.45, 7) is 0. The minimum absolute atomic E-state index is 0. The van der Waals surface area contributed by atoms with Crippen LogP contribution >= 0.6 is 0 Å². The molecule has 8 heteroatoms. The van der Waals surface area contributed by atoms with Crippen molar-refractivity contribution in [2.24, 2.45) is 0 Å². The first-order valence-electron chi connectivity index (χ1n) is 2.76. The molecule has 0 radical (unpaired) electrons. The first-order chi connectivity index (χ1) is 3.93. The van der Waals surface area contributed by atoms with Crippen LogP contribution in [0, 0.1) is 0 Å². The van der Waals surface area contributed by atoms with Crippen LogP contribution in [-0.4, -0.2) is 21.7 Å². The molecular weight excluding hydrogens is 372 g/mol. The molecule has 0 bridgehead atoms. The zero-order valence-corrected chi connectivity index (χ0v) is 14.9. The van der Waals surface area contributed by atoms with Crippen molar-refractivity contribution in [3.8, 4) is 0 Å². The van der Waals surface area contributed by atoms with E-state index < -0.39 is 0 Å². The van der Waals surface area contributed by atoms with E-state index in [1.807, 2.05) is 27.8 Å². The van der Waals surface area contributed by atoms with E-state index in [4.69, 9.17) is 0 Å². The molecule has 0 aliphatic rings. The summed E-state index contributed by atoms with van der Waals surface area (Å²) in [7, 11) is 0. The van der Waals surface area contributed by atoms with Crippen molar-refractivity contribution in [2.45, 2.75) is 4.55 Å². The topological polar surface area (TPSA) is 0 Å². The number of benzene rings is 1. The fourth-order valence-electron chi connectivity index (χ4n) is 0.645. The molecule has 0 aliphatic carbocycles. The number of halogens is 6. The average molecular weight is 379 g/mol. The van der Waals surface area contributed by atoms with Gasteiger partial charge in [0.1, 0.15) is 0 Å². The Hall–Kier alpha value is 2.31. The molecule has 0 saturated heterocycles. The smallest absolute Gasteiger partial charge is 5.00 e. The van der Waals surface area contributed by atoms with Crippen molar-refractivity contribution in [3.05, 3.63) is 35.9 Å². The van der Waals surface area contributed by atoms with Crippen LogP contribution in [0.1, 0.15) is 5.56 Å². The van der Waals surface area contributed by atoms with Gasteiger partial charge in [-0.05, 0) is 0 Å². The Morgan fingerprint density at radius 3 is 1.27 bits per heavy atom. The first-order valence-corrected chi connectivity index (χ1v) is 3.76. The van der Waals surface area contributed by atoms with E-state index in [1.54, 1.807) is 0 Å². The summed E-state index contributed by atoms with van der Waals surface area (Å²) in [6.07, 6.45) is 0. The Bertz CT molecular complexity index is 165. The molecule has 0 aliphatic heterocycles. The Morgan fingerprint density at radius 1 is 0.733 bits per heavy atom. The maximum absolute atomic E-state index is 2.15. The van der Waals surface area contributed by atoms with Gasteiger partial charge in [-0.25, -0.2) is 0 Å². The van der Waals surface area contributed by atoms with Crippen LogP contribution in [0.3, 0.4) is 0 Å². The predicted octanol–water partition coefficient (Wildman–Crippen LogP) is -16.6. The fraction of sp³-hybridized carbons (Fsp3) is 0.143. The van der Waals surface area contributed by atoms with E-state index in [0.717, 1.165) is 0 Å². The molecule has 1 aromatic rings. The zero-order chi connectivity index (χ0) is 5.82. The van der Waals surface area contributed by atoms with Gasteiger partial charge in [-0.3, -0.25) is 0 Å². The number of rotatable bonds is 1. The minimum Gasteiger partial charge on any atom is 5.00 e. The Balaban J connectivity index is -0.0000000183. The van der Waals surface area contributed by atoms with E-state index in [-0.39, 0.29) is 93.0 Å². The summed E-state index contributed by atoms with van der Waals surface area (Å²) < 4.78 is 1.17. The maximum atomic E-state index is 2.15. The minimum atomic E-state index is 0. The van der Waals surface area contributed by atoms with Crippen molar-refractivity contribution in [2.75, 3.05) is 0 Å². The second-order valence-electron chi connectivity index (χ2n) is 1.74. The van der Waals surface area contributed by atoms with Crippen LogP contribution in [0.5, 0.6) is 0 Å². The molecule has 0 N–H and O–H groups in total. The monoisotopic (exact) mass is 376 g/mol. The molecule has 0 unspecified atom stereocenters. The van der Waals surface area contributed by atoms with Crippen LogP contribution < -0.4 is 74.4 Å². The normalized spacial score (nSPS) is 4.93. The molecular formula is C7H7Cl6MgV. The van der Waals surface area contributed by atoms with Crippen LogP contribution in [0.4, 0.5) is 0 Å². The van der Waals surface area contributed by atoms with Crippen LogP contribution in [-0.2, 0) is 23.1 Å². The molecule has 0 atom stereocenters. The van der Waals surface area contributed by atoms with Crippen LogP contribution in [0.15, 0.2) is 30.3 Å². The van der Waals surface area contributed by atoms with Crippen molar-refractivity contribution in [1.82, 2.24) is 0 Å². The average Bonchev–Trinajstić information content (AvgIpc) is 1.90. The summed E-state index contributed by atoms with van der Waals surface area (Å²) in [5, 5.41) is 0. The second-order valence-corrected chi connectivity index (χ2v) is 2.24. The standard InChI is InChI=1S/C7H7.6ClH.Mg.V/c1-7-5-3-2-4-6-7;;;;;;;;/h2-6H,1H2;6*1H;;/q;;;;;;;+1;+5/p-6. The van der Waals surface area contributed by atoms with Crippen LogP contribution in [0.2, 0.25) is 0 Å². The largest absolute Gasteiger partial charge is 5.00 e. The van der Waals surface area contributed by atoms with Gasteiger partial charge in [0.15, 0.2) is 0 Å². The molecule has 15 heavy (non-hydrogen) atoms. The van der Waals surface area contributed by atoms with E-state index in [9.17, 15) is 0 Å². The third-order valence-corrected chi connectivity index (χ3v) is 1.71. The Morgan fingerprint density at radius 2 is 1.07 bits per heavy atom. The molecule has 1 rings (SSSR count). The van der Waals surface area contributed by atoms with Gasteiger partial charge >= 0.3 is 80.7 Å². The molecule has 0 aromatic heterocycles. The molecule has 0 nitrogen and oxygen atoms in total. The summed E-state index contributed by atoms with van der Waals surface area (Å²) in [4.78, 5) is 0. The van der Waals surface area contributed by atoms with E-state index >= 15 is 0 Å². The maximum Gasteiger partial charge on any atom is 5.00 e. The molecule has 84 valence electrons. The van der Waals surface area contributed by atoms with Gasteiger partial charge in [-0.15, -0.1) is 0 Å². The third kappa shape index (κ3) is 22.0. The molecule has 0 amide bonds. The van der Waals surface area contributed by atoms with Gasteiger partial charge < -0.3 is 74.4 Å². The van der Waals surface area contributed by atoms with Crippen LogP contribution in [0.25, 0.3) is 0 Å². The summed E-state index contributed by atoms with van der Waals surface area (Å²) in [5.41, 5.74) is 1.42. The molecule has 0 heterocycles. The zero-order valence-electron chi connectivity index (χ0n) is 7.52. The van der Waals surface area contributed by atoms with Gasteiger partial charge in [0, 0.05) is 0 Å². The van der Waals surface area contributed by atoms with Gasteiger partial charge in [0.05, 0.1) is 0 Å². The molecule has 0 spiro atoms. The third-order valence-electron chi connectivity index (χ3n) is 1.13. The summed E-state index contributed by atoms with van der Waals surface area (Å²) in [6, 6.07) is 10.5. The van der Waals surface area contributed by atoms with Gasteiger partial charge in [-0.1, -0.05) is 0 Å². The van der Waals surface area contributed by atoms with Crippen molar-refractivity contribution >= 4 is 21.7 Å².